The molecule has 148 valence electrons. The first-order chi connectivity index (χ1) is 13.3. The molecule has 4 nitrogen and oxygen atoms in total. The standard InChI is InChI=1S/C24H30N2O2/c1-24(2,3)20-12-9-18(10-13-20)11-14-22(27)25-21-8-6-7-19(17-21)23(28)26-15-4-5-16-26/h6-10,12-13,17H,4-5,11,14-16H2,1-3H3,(H,25,27). The lowest BCUT2D eigenvalue weighted by Crippen LogP contribution is -2.27. The fraction of sp³-hybridized carbons (Fsp3) is 0.417. The lowest BCUT2D eigenvalue weighted by Gasteiger charge is -2.19. The van der Waals surface area contributed by atoms with Crippen LogP contribution in [0.4, 0.5) is 5.69 Å². The number of likely N-dealkylation sites (tertiary alicyclic amines) is 1. The van der Waals surface area contributed by atoms with Gasteiger partial charge in [0.2, 0.25) is 5.91 Å². The number of carbonyl (C=O) groups is 2. The quantitative estimate of drug-likeness (QED) is 0.813. The second-order valence-electron chi connectivity index (χ2n) is 8.58. The zero-order valence-electron chi connectivity index (χ0n) is 17.1. The summed E-state index contributed by atoms with van der Waals surface area (Å²) < 4.78 is 0. The number of hydrogen-bond acceptors (Lipinski definition) is 2. The average Bonchev–Trinajstić information content (AvgIpc) is 3.20. The molecule has 2 aromatic carbocycles. The van der Waals surface area contributed by atoms with Crippen molar-refractivity contribution in [3.8, 4) is 0 Å². The van der Waals surface area contributed by atoms with Gasteiger partial charge >= 0.3 is 0 Å². The summed E-state index contributed by atoms with van der Waals surface area (Å²) in [6.07, 6.45) is 3.25. The molecule has 28 heavy (non-hydrogen) atoms. The van der Waals surface area contributed by atoms with Gasteiger partial charge in [0, 0.05) is 30.8 Å². The normalized spacial score (nSPS) is 14.2. The van der Waals surface area contributed by atoms with Crippen molar-refractivity contribution in [1.82, 2.24) is 4.90 Å². The van der Waals surface area contributed by atoms with E-state index in [0.717, 1.165) is 31.5 Å². The summed E-state index contributed by atoms with van der Waals surface area (Å²) >= 11 is 0. The predicted octanol–water partition coefficient (Wildman–Crippen LogP) is 4.79. The Morgan fingerprint density at radius 3 is 2.32 bits per heavy atom. The van der Waals surface area contributed by atoms with Crippen LogP contribution in [0.1, 0.15) is 61.5 Å². The van der Waals surface area contributed by atoms with Crippen LogP contribution in [-0.2, 0) is 16.6 Å². The SMILES string of the molecule is CC(C)(C)c1ccc(CCC(=O)Nc2cccc(C(=O)N3CCCC3)c2)cc1. The van der Waals surface area contributed by atoms with E-state index in [9.17, 15) is 9.59 Å². The first kappa shape index (κ1) is 20.1. The maximum Gasteiger partial charge on any atom is 0.253 e. The largest absolute Gasteiger partial charge is 0.339 e. The van der Waals surface area contributed by atoms with Crippen molar-refractivity contribution in [3.05, 3.63) is 65.2 Å². The number of aryl methyl sites for hydroxylation is 1. The minimum absolute atomic E-state index is 0.0364. The van der Waals surface area contributed by atoms with Crippen LogP contribution in [0.15, 0.2) is 48.5 Å². The number of hydrogen-bond donors (Lipinski definition) is 1. The summed E-state index contributed by atoms with van der Waals surface area (Å²) in [5.74, 6) is 0.0122. The van der Waals surface area contributed by atoms with E-state index < -0.39 is 0 Å². The van der Waals surface area contributed by atoms with Crippen LogP contribution in [0, 0.1) is 0 Å². The van der Waals surface area contributed by atoms with E-state index in [2.05, 4.69) is 50.4 Å². The molecular weight excluding hydrogens is 348 g/mol. The number of nitrogens with zero attached hydrogens (tertiary/aromatic N) is 1. The minimum atomic E-state index is -0.0364. The van der Waals surface area contributed by atoms with Crippen molar-refractivity contribution in [2.75, 3.05) is 18.4 Å². The second kappa shape index (κ2) is 8.59. The molecule has 0 bridgehead atoms. The molecule has 1 N–H and O–H groups in total. The van der Waals surface area contributed by atoms with Gasteiger partial charge < -0.3 is 10.2 Å². The number of anilines is 1. The second-order valence-corrected chi connectivity index (χ2v) is 8.58. The minimum Gasteiger partial charge on any atom is -0.339 e. The highest BCUT2D eigenvalue weighted by Gasteiger charge is 2.19. The average molecular weight is 379 g/mol. The van der Waals surface area contributed by atoms with E-state index in [1.165, 1.54) is 5.56 Å². The van der Waals surface area contributed by atoms with Gasteiger partial charge in [-0.05, 0) is 54.0 Å². The van der Waals surface area contributed by atoms with Crippen LogP contribution in [0.25, 0.3) is 0 Å². The summed E-state index contributed by atoms with van der Waals surface area (Å²) in [6, 6.07) is 15.7. The Morgan fingerprint density at radius 2 is 1.68 bits per heavy atom. The van der Waals surface area contributed by atoms with Crippen molar-refractivity contribution >= 4 is 17.5 Å². The van der Waals surface area contributed by atoms with Crippen molar-refractivity contribution in [1.29, 1.82) is 0 Å². The molecule has 0 aliphatic carbocycles. The smallest absolute Gasteiger partial charge is 0.253 e. The number of rotatable bonds is 5. The van der Waals surface area contributed by atoms with Crippen LogP contribution < -0.4 is 5.32 Å². The molecule has 1 saturated heterocycles. The molecule has 0 aromatic heterocycles. The molecule has 1 aliphatic rings. The third kappa shape index (κ3) is 5.22. The number of amides is 2. The van der Waals surface area contributed by atoms with E-state index in [-0.39, 0.29) is 17.2 Å². The highest BCUT2D eigenvalue weighted by molar-refractivity contribution is 5.97. The van der Waals surface area contributed by atoms with Crippen molar-refractivity contribution in [2.45, 2.75) is 51.9 Å². The first-order valence-corrected chi connectivity index (χ1v) is 10.1. The third-order valence-electron chi connectivity index (χ3n) is 5.25. The summed E-state index contributed by atoms with van der Waals surface area (Å²) in [6.45, 7) is 8.22. The van der Waals surface area contributed by atoms with Gasteiger partial charge in [0.25, 0.3) is 5.91 Å². The molecule has 1 heterocycles. The molecule has 2 aromatic rings. The molecule has 0 spiro atoms. The molecule has 0 atom stereocenters. The van der Waals surface area contributed by atoms with E-state index in [0.29, 0.717) is 24.1 Å². The predicted molar refractivity (Wildman–Crippen MR) is 114 cm³/mol. The third-order valence-corrected chi connectivity index (χ3v) is 5.25. The maximum absolute atomic E-state index is 12.5. The molecule has 0 saturated carbocycles. The Kier molecular flexibility index (Phi) is 6.18. The lowest BCUT2D eigenvalue weighted by molar-refractivity contribution is -0.116. The van der Waals surface area contributed by atoms with Gasteiger partial charge in [-0.15, -0.1) is 0 Å². The van der Waals surface area contributed by atoms with Gasteiger partial charge in [-0.1, -0.05) is 51.1 Å². The first-order valence-electron chi connectivity index (χ1n) is 10.1. The van der Waals surface area contributed by atoms with Crippen LogP contribution in [0.5, 0.6) is 0 Å². The van der Waals surface area contributed by atoms with E-state index in [4.69, 9.17) is 0 Å². The molecule has 1 fully saturated rings. The van der Waals surface area contributed by atoms with Gasteiger partial charge in [-0.25, -0.2) is 0 Å². The fourth-order valence-corrected chi connectivity index (χ4v) is 3.49. The Labute approximate surface area is 167 Å². The van der Waals surface area contributed by atoms with Gasteiger partial charge in [0.05, 0.1) is 0 Å². The molecule has 3 rings (SSSR count). The van der Waals surface area contributed by atoms with Crippen molar-refractivity contribution in [3.63, 3.8) is 0 Å². The summed E-state index contributed by atoms with van der Waals surface area (Å²) in [5.41, 5.74) is 3.89. The highest BCUT2D eigenvalue weighted by Crippen LogP contribution is 2.22. The van der Waals surface area contributed by atoms with E-state index in [1.807, 2.05) is 23.1 Å². The summed E-state index contributed by atoms with van der Waals surface area (Å²) in [7, 11) is 0. The van der Waals surface area contributed by atoms with Crippen LogP contribution >= 0.6 is 0 Å². The Hall–Kier alpha value is -2.62. The van der Waals surface area contributed by atoms with Gasteiger partial charge in [-0.2, -0.15) is 0 Å². The summed E-state index contributed by atoms with van der Waals surface area (Å²) in [4.78, 5) is 26.7. The number of carbonyl (C=O) groups excluding carboxylic acids is 2. The molecule has 2 amide bonds. The number of benzene rings is 2. The Bertz CT molecular complexity index is 828. The van der Waals surface area contributed by atoms with Gasteiger partial charge in [-0.3, -0.25) is 9.59 Å². The number of nitrogens with one attached hydrogen (secondary N) is 1. The van der Waals surface area contributed by atoms with Crippen molar-refractivity contribution in [2.24, 2.45) is 0 Å². The maximum atomic E-state index is 12.5. The molecule has 0 radical (unpaired) electrons. The topological polar surface area (TPSA) is 49.4 Å². The molecule has 4 heteroatoms. The van der Waals surface area contributed by atoms with E-state index >= 15 is 0 Å². The van der Waals surface area contributed by atoms with Crippen LogP contribution in [-0.4, -0.2) is 29.8 Å². The van der Waals surface area contributed by atoms with Crippen molar-refractivity contribution < 1.29 is 9.59 Å². The van der Waals surface area contributed by atoms with Crippen LogP contribution in [0.2, 0.25) is 0 Å². The Balaban J connectivity index is 1.55. The lowest BCUT2D eigenvalue weighted by atomic mass is 9.86. The fourth-order valence-electron chi connectivity index (χ4n) is 3.49. The van der Waals surface area contributed by atoms with Gasteiger partial charge in [0.1, 0.15) is 0 Å². The van der Waals surface area contributed by atoms with Gasteiger partial charge in [0.15, 0.2) is 0 Å². The summed E-state index contributed by atoms with van der Waals surface area (Å²) in [5, 5.41) is 2.92. The highest BCUT2D eigenvalue weighted by atomic mass is 16.2. The molecular formula is C24H30N2O2. The van der Waals surface area contributed by atoms with Crippen LogP contribution in [0.3, 0.4) is 0 Å². The monoisotopic (exact) mass is 378 g/mol. The zero-order valence-corrected chi connectivity index (χ0v) is 17.1. The molecule has 0 unspecified atom stereocenters. The molecule has 1 aliphatic heterocycles. The zero-order chi connectivity index (χ0) is 20.1. The Morgan fingerprint density at radius 1 is 1.00 bits per heavy atom. The van der Waals surface area contributed by atoms with E-state index in [1.54, 1.807) is 6.07 Å².